The zero-order chi connectivity index (χ0) is 12.6. The SMILES string of the molecule is O=C1CCCCC(CCNc2ccccc2)CN1. The summed E-state index contributed by atoms with van der Waals surface area (Å²) in [6, 6.07) is 10.3. The van der Waals surface area contributed by atoms with Crippen molar-refractivity contribution in [2.45, 2.75) is 32.1 Å². The third-order valence-corrected chi connectivity index (χ3v) is 3.51. The maximum atomic E-state index is 11.3. The first-order valence-electron chi connectivity index (χ1n) is 6.90. The molecule has 2 N–H and O–H groups in total. The highest BCUT2D eigenvalue weighted by Crippen LogP contribution is 2.16. The van der Waals surface area contributed by atoms with Gasteiger partial charge in [-0.05, 0) is 37.3 Å². The maximum Gasteiger partial charge on any atom is 0.220 e. The molecule has 1 unspecified atom stereocenters. The van der Waals surface area contributed by atoms with Crippen LogP contribution in [0.2, 0.25) is 0 Å². The minimum atomic E-state index is 0.218. The number of carbonyl (C=O) groups excluding carboxylic acids is 1. The Labute approximate surface area is 109 Å². The van der Waals surface area contributed by atoms with Crippen LogP contribution in [0.1, 0.15) is 32.1 Å². The summed E-state index contributed by atoms with van der Waals surface area (Å²) in [4.78, 5) is 11.3. The van der Waals surface area contributed by atoms with E-state index < -0.39 is 0 Å². The number of rotatable bonds is 4. The summed E-state index contributed by atoms with van der Waals surface area (Å²) in [5, 5.41) is 6.44. The first-order chi connectivity index (χ1) is 8.84. The third kappa shape index (κ3) is 4.40. The molecule has 1 fully saturated rings. The minimum absolute atomic E-state index is 0.218. The summed E-state index contributed by atoms with van der Waals surface area (Å²) in [5.41, 5.74) is 1.17. The van der Waals surface area contributed by atoms with Gasteiger partial charge in [-0.2, -0.15) is 0 Å². The van der Waals surface area contributed by atoms with E-state index in [0.29, 0.717) is 12.3 Å². The van der Waals surface area contributed by atoms with E-state index in [-0.39, 0.29) is 5.91 Å². The van der Waals surface area contributed by atoms with Crippen molar-refractivity contribution < 1.29 is 4.79 Å². The molecule has 1 aliphatic heterocycles. The van der Waals surface area contributed by atoms with Gasteiger partial charge >= 0.3 is 0 Å². The molecule has 1 amide bonds. The number of nitrogens with one attached hydrogen (secondary N) is 2. The standard InChI is InChI=1S/C15H22N2O/c18-15-9-5-4-6-13(12-17-15)10-11-16-14-7-2-1-3-8-14/h1-3,7-8,13,16H,4-6,9-12H2,(H,17,18). The summed E-state index contributed by atoms with van der Waals surface area (Å²) in [5.74, 6) is 0.834. The van der Waals surface area contributed by atoms with Crippen molar-refractivity contribution in [2.24, 2.45) is 5.92 Å². The lowest BCUT2D eigenvalue weighted by Crippen LogP contribution is -2.31. The van der Waals surface area contributed by atoms with E-state index in [9.17, 15) is 4.79 Å². The molecule has 1 aromatic carbocycles. The van der Waals surface area contributed by atoms with Gasteiger partial charge in [-0.15, -0.1) is 0 Å². The van der Waals surface area contributed by atoms with Gasteiger partial charge in [0.2, 0.25) is 5.91 Å². The Bertz CT molecular complexity index is 364. The zero-order valence-electron chi connectivity index (χ0n) is 10.8. The van der Waals surface area contributed by atoms with E-state index in [2.05, 4.69) is 22.8 Å². The average molecular weight is 246 g/mol. The average Bonchev–Trinajstić information content (AvgIpc) is 2.38. The lowest BCUT2D eigenvalue weighted by Gasteiger charge is -2.20. The third-order valence-electron chi connectivity index (χ3n) is 3.51. The first-order valence-corrected chi connectivity index (χ1v) is 6.90. The van der Waals surface area contributed by atoms with E-state index in [4.69, 9.17) is 0 Å². The molecule has 3 heteroatoms. The van der Waals surface area contributed by atoms with E-state index in [1.54, 1.807) is 0 Å². The van der Waals surface area contributed by atoms with Crippen molar-refractivity contribution in [3.8, 4) is 0 Å². The Morgan fingerprint density at radius 2 is 2.06 bits per heavy atom. The van der Waals surface area contributed by atoms with Crippen LogP contribution in [0.5, 0.6) is 0 Å². The van der Waals surface area contributed by atoms with Crippen LogP contribution in [-0.4, -0.2) is 19.0 Å². The molecule has 0 saturated carbocycles. The molecular weight excluding hydrogens is 224 g/mol. The lowest BCUT2D eigenvalue weighted by molar-refractivity contribution is -0.121. The topological polar surface area (TPSA) is 41.1 Å². The second kappa shape index (κ2) is 7.04. The quantitative estimate of drug-likeness (QED) is 0.857. The minimum Gasteiger partial charge on any atom is -0.385 e. The van der Waals surface area contributed by atoms with Gasteiger partial charge in [-0.3, -0.25) is 4.79 Å². The van der Waals surface area contributed by atoms with Crippen molar-refractivity contribution in [1.29, 1.82) is 0 Å². The molecule has 98 valence electrons. The number of para-hydroxylation sites is 1. The Morgan fingerprint density at radius 1 is 1.22 bits per heavy atom. The molecule has 0 radical (unpaired) electrons. The second-order valence-electron chi connectivity index (χ2n) is 5.00. The largest absolute Gasteiger partial charge is 0.385 e. The molecule has 18 heavy (non-hydrogen) atoms. The summed E-state index contributed by atoms with van der Waals surface area (Å²) in [6.45, 7) is 1.82. The summed E-state index contributed by atoms with van der Waals surface area (Å²) < 4.78 is 0. The summed E-state index contributed by atoms with van der Waals surface area (Å²) >= 11 is 0. The van der Waals surface area contributed by atoms with Crippen LogP contribution in [0.4, 0.5) is 5.69 Å². The number of amides is 1. The van der Waals surface area contributed by atoms with Crippen LogP contribution in [0.15, 0.2) is 30.3 Å². The van der Waals surface area contributed by atoms with Crippen LogP contribution in [0.25, 0.3) is 0 Å². The van der Waals surface area contributed by atoms with Gasteiger partial charge < -0.3 is 10.6 Å². The van der Waals surface area contributed by atoms with Crippen molar-refractivity contribution in [3.63, 3.8) is 0 Å². The predicted molar refractivity (Wildman–Crippen MR) is 74.5 cm³/mol. The van der Waals surface area contributed by atoms with Crippen LogP contribution >= 0.6 is 0 Å². The highest BCUT2D eigenvalue weighted by atomic mass is 16.1. The Kier molecular flexibility index (Phi) is 5.06. The van der Waals surface area contributed by atoms with Gasteiger partial charge in [-0.1, -0.05) is 24.6 Å². The number of anilines is 1. The number of carbonyl (C=O) groups is 1. The van der Waals surface area contributed by atoms with Crippen molar-refractivity contribution >= 4 is 11.6 Å². The molecule has 1 saturated heterocycles. The molecule has 0 aliphatic carbocycles. The molecule has 1 heterocycles. The van der Waals surface area contributed by atoms with E-state index in [1.807, 2.05) is 18.2 Å². The normalized spacial score (nSPS) is 20.7. The number of benzene rings is 1. The fourth-order valence-corrected chi connectivity index (χ4v) is 2.39. The Morgan fingerprint density at radius 3 is 2.89 bits per heavy atom. The highest BCUT2D eigenvalue weighted by molar-refractivity contribution is 5.75. The molecule has 1 aliphatic rings. The van der Waals surface area contributed by atoms with Crippen LogP contribution < -0.4 is 10.6 Å². The molecule has 1 atom stereocenters. The van der Waals surface area contributed by atoms with E-state index >= 15 is 0 Å². The fourth-order valence-electron chi connectivity index (χ4n) is 2.39. The van der Waals surface area contributed by atoms with E-state index in [0.717, 1.165) is 25.9 Å². The highest BCUT2D eigenvalue weighted by Gasteiger charge is 2.13. The van der Waals surface area contributed by atoms with Crippen LogP contribution in [0, 0.1) is 5.92 Å². The number of hydrogen-bond acceptors (Lipinski definition) is 2. The van der Waals surface area contributed by atoms with Crippen molar-refractivity contribution in [1.82, 2.24) is 5.32 Å². The molecule has 3 nitrogen and oxygen atoms in total. The second-order valence-corrected chi connectivity index (χ2v) is 5.00. The van der Waals surface area contributed by atoms with Gasteiger partial charge in [-0.25, -0.2) is 0 Å². The number of hydrogen-bond donors (Lipinski definition) is 2. The molecular formula is C15H22N2O. The predicted octanol–water partition coefficient (Wildman–Crippen LogP) is 2.80. The van der Waals surface area contributed by atoms with Crippen LogP contribution in [0.3, 0.4) is 0 Å². The van der Waals surface area contributed by atoms with Gasteiger partial charge in [0.05, 0.1) is 0 Å². The first kappa shape index (κ1) is 12.9. The zero-order valence-corrected chi connectivity index (χ0v) is 10.8. The summed E-state index contributed by atoms with van der Waals surface area (Å²) in [7, 11) is 0. The smallest absolute Gasteiger partial charge is 0.220 e. The molecule has 1 aromatic rings. The lowest BCUT2D eigenvalue weighted by atomic mass is 9.95. The molecule has 0 aromatic heterocycles. The van der Waals surface area contributed by atoms with Gasteiger partial charge in [0.15, 0.2) is 0 Å². The van der Waals surface area contributed by atoms with Crippen LogP contribution in [-0.2, 0) is 4.79 Å². The van der Waals surface area contributed by atoms with E-state index in [1.165, 1.54) is 18.5 Å². The van der Waals surface area contributed by atoms with Gasteiger partial charge in [0, 0.05) is 25.2 Å². The molecule has 2 rings (SSSR count). The van der Waals surface area contributed by atoms with Gasteiger partial charge in [0.25, 0.3) is 0 Å². The Hall–Kier alpha value is -1.51. The maximum absolute atomic E-state index is 11.3. The van der Waals surface area contributed by atoms with Gasteiger partial charge in [0.1, 0.15) is 0 Å². The van der Waals surface area contributed by atoms with Crippen molar-refractivity contribution in [2.75, 3.05) is 18.4 Å². The summed E-state index contributed by atoms with van der Waals surface area (Å²) in [6.07, 6.45) is 5.28. The molecule has 0 bridgehead atoms. The monoisotopic (exact) mass is 246 g/mol. The fraction of sp³-hybridized carbons (Fsp3) is 0.533. The van der Waals surface area contributed by atoms with Crippen molar-refractivity contribution in [3.05, 3.63) is 30.3 Å². The Balaban J connectivity index is 1.70. The molecule has 0 spiro atoms.